The molecule has 0 fully saturated rings. The van der Waals surface area contributed by atoms with Gasteiger partial charge in [0.05, 0.1) is 5.69 Å². The minimum Gasteiger partial charge on any atom is -0.307 e. The van der Waals surface area contributed by atoms with Gasteiger partial charge in [-0.3, -0.25) is 14.0 Å². The summed E-state index contributed by atoms with van der Waals surface area (Å²) in [6.45, 7) is 0. The first kappa shape index (κ1) is 17.5. The summed E-state index contributed by atoms with van der Waals surface area (Å²) < 4.78 is 30.2. The van der Waals surface area contributed by atoms with E-state index < -0.39 is 11.6 Å². The molecule has 4 aromatic rings. The number of aryl methyl sites for hydroxylation is 1. The van der Waals surface area contributed by atoms with Crippen LogP contribution >= 0.6 is 0 Å². The molecule has 0 aliphatic rings. The zero-order valence-electron chi connectivity index (χ0n) is 14.7. The molecule has 0 spiro atoms. The number of hydrogen-bond acceptors (Lipinski definition) is 4. The third-order valence-corrected chi connectivity index (χ3v) is 4.11. The summed E-state index contributed by atoms with van der Waals surface area (Å²) in [6.07, 6.45) is 6.43. The second kappa shape index (κ2) is 7.03. The summed E-state index contributed by atoms with van der Waals surface area (Å²) in [7, 11) is 1.62. The van der Waals surface area contributed by atoms with Crippen LogP contribution < -0.4 is 5.32 Å². The smallest absolute Gasteiger partial charge is 0.256 e. The molecule has 9 heteroatoms. The lowest BCUT2D eigenvalue weighted by molar-refractivity contribution is 0.102. The van der Waals surface area contributed by atoms with Crippen molar-refractivity contribution in [3.63, 3.8) is 0 Å². The van der Waals surface area contributed by atoms with Crippen LogP contribution in [0.15, 0.2) is 61.3 Å². The van der Waals surface area contributed by atoms with Crippen molar-refractivity contribution in [3.8, 4) is 17.1 Å². The molecule has 0 saturated heterocycles. The maximum Gasteiger partial charge on any atom is 0.256 e. The van der Waals surface area contributed by atoms with Gasteiger partial charge in [-0.15, -0.1) is 0 Å². The molecule has 7 nitrogen and oxygen atoms in total. The summed E-state index contributed by atoms with van der Waals surface area (Å²) in [6, 6.07) is 7.96. The summed E-state index contributed by atoms with van der Waals surface area (Å²) in [5.74, 6) is -0.862. The zero-order chi connectivity index (χ0) is 19.7. The fraction of sp³-hybridized carbons (Fsp3) is 0.0526. The largest absolute Gasteiger partial charge is 0.307 e. The standard InChI is InChI=1S/C19H14F2N6O/c1-26-18(10-16(25-26)14-3-2-13(20)9-15(14)21)24-19(28)12-4-5-23-17(8-12)27-7-6-22-11-27/h2-11H,1H3,(H,24,28). The van der Waals surface area contributed by atoms with Gasteiger partial charge in [0.1, 0.15) is 29.6 Å². The molecule has 28 heavy (non-hydrogen) atoms. The van der Waals surface area contributed by atoms with Gasteiger partial charge in [-0.2, -0.15) is 5.10 Å². The Bertz CT molecular complexity index is 1150. The number of halogens is 2. The summed E-state index contributed by atoms with van der Waals surface area (Å²) in [5, 5.41) is 6.92. The molecule has 4 rings (SSSR count). The molecule has 0 aliphatic heterocycles. The number of imidazole rings is 1. The van der Waals surface area contributed by atoms with Crippen molar-refractivity contribution >= 4 is 11.7 Å². The van der Waals surface area contributed by atoms with Gasteiger partial charge in [0.25, 0.3) is 5.91 Å². The number of carbonyl (C=O) groups is 1. The highest BCUT2D eigenvalue weighted by molar-refractivity contribution is 6.04. The minimum absolute atomic E-state index is 0.142. The SMILES string of the molecule is Cn1nc(-c2ccc(F)cc2F)cc1NC(=O)c1ccnc(-n2ccnc2)c1. The second-order valence-corrected chi connectivity index (χ2v) is 5.99. The third-order valence-electron chi connectivity index (χ3n) is 4.11. The van der Waals surface area contributed by atoms with E-state index >= 15 is 0 Å². The highest BCUT2D eigenvalue weighted by Crippen LogP contribution is 2.25. The van der Waals surface area contributed by atoms with Gasteiger partial charge in [-0.05, 0) is 24.3 Å². The average molecular weight is 380 g/mol. The monoisotopic (exact) mass is 380 g/mol. The second-order valence-electron chi connectivity index (χ2n) is 5.99. The topological polar surface area (TPSA) is 77.6 Å². The van der Waals surface area contributed by atoms with E-state index in [4.69, 9.17) is 0 Å². The lowest BCUT2D eigenvalue weighted by atomic mass is 10.1. The fourth-order valence-electron chi connectivity index (χ4n) is 2.70. The van der Waals surface area contributed by atoms with E-state index in [1.54, 1.807) is 42.5 Å². The van der Waals surface area contributed by atoms with Gasteiger partial charge in [0.15, 0.2) is 0 Å². The van der Waals surface area contributed by atoms with E-state index in [9.17, 15) is 13.6 Å². The Kier molecular flexibility index (Phi) is 4.40. The molecule has 0 radical (unpaired) electrons. The quantitative estimate of drug-likeness (QED) is 0.590. The first-order valence-corrected chi connectivity index (χ1v) is 8.26. The Morgan fingerprint density at radius 1 is 1.11 bits per heavy atom. The van der Waals surface area contributed by atoms with E-state index in [0.717, 1.165) is 12.1 Å². The number of benzene rings is 1. The lowest BCUT2D eigenvalue weighted by Crippen LogP contribution is -2.15. The number of anilines is 1. The van der Waals surface area contributed by atoms with Gasteiger partial charge in [-0.25, -0.2) is 18.7 Å². The first-order valence-electron chi connectivity index (χ1n) is 8.26. The number of carbonyl (C=O) groups excluding carboxylic acids is 1. The van der Waals surface area contributed by atoms with E-state index in [1.807, 2.05) is 0 Å². The molecule has 3 heterocycles. The maximum absolute atomic E-state index is 14.0. The van der Waals surface area contributed by atoms with Gasteiger partial charge in [-0.1, -0.05) is 0 Å². The van der Waals surface area contributed by atoms with Crippen molar-refractivity contribution in [2.45, 2.75) is 0 Å². The number of pyridine rings is 1. The van der Waals surface area contributed by atoms with Crippen LogP contribution in [0.1, 0.15) is 10.4 Å². The molecule has 3 aromatic heterocycles. The van der Waals surface area contributed by atoms with Crippen molar-refractivity contribution < 1.29 is 13.6 Å². The van der Waals surface area contributed by atoms with E-state index in [2.05, 4.69) is 20.4 Å². The average Bonchev–Trinajstić information content (AvgIpc) is 3.32. The van der Waals surface area contributed by atoms with Crippen molar-refractivity contribution in [3.05, 3.63) is 78.5 Å². The predicted octanol–water partition coefficient (Wildman–Crippen LogP) is 3.20. The van der Waals surface area contributed by atoms with Gasteiger partial charge < -0.3 is 5.32 Å². The number of hydrogen-bond donors (Lipinski definition) is 1. The normalized spacial score (nSPS) is 10.8. The van der Waals surface area contributed by atoms with Crippen molar-refractivity contribution in [1.82, 2.24) is 24.3 Å². The minimum atomic E-state index is -0.727. The Morgan fingerprint density at radius 3 is 2.71 bits per heavy atom. The van der Waals surface area contributed by atoms with Crippen molar-refractivity contribution in [2.75, 3.05) is 5.32 Å². The van der Waals surface area contributed by atoms with Crippen LogP contribution in [0.3, 0.4) is 0 Å². The van der Waals surface area contributed by atoms with Crippen LogP contribution in [-0.4, -0.2) is 30.2 Å². The molecule has 0 aliphatic carbocycles. The molecule has 1 N–H and O–H groups in total. The summed E-state index contributed by atoms with van der Waals surface area (Å²) in [4.78, 5) is 20.8. The molecule has 1 aromatic carbocycles. The van der Waals surface area contributed by atoms with Gasteiger partial charge in [0.2, 0.25) is 0 Å². The van der Waals surface area contributed by atoms with Crippen LogP contribution in [0.2, 0.25) is 0 Å². The van der Waals surface area contributed by atoms with E-state index in [-0.39, 0.29) is 17.2 Å². The molecule has 1 amide bonds. The number of rotatable bonds is 4. The van der Waals surface area contributed by atoms with Gasteiger partial charge in [0, 0.05) is 48.9 Å². The molecule has 0 saturated carbocycles. The lowest BCUT2D eigenvalue weighted by Gasteiger charge is -2.06. The molecular formula is C19H14F2N6O. The Balaban J connectivity index is 1.59. The number of nitrogens with zero attached hydrogens (tertiary/aromatic N) is 5. The molecule has 140 valence electrons. The van der Waals surface area contributed by atoms with E-state index in [0.29, 0.717) is 17.2 Å². The van der Waals surface area contributed by atoms with Crippen LogP contribution in [0.4, 0.5) is 14.6 Å². The zero-order valence-corrected chi connectivity index (χ0v) is 14.7. The van der Waals surface area contributed by atoms with Crippen molar-refractivity contribution in [2.24, 2.45) is 7.05 Å². The highest BCUT2D eigenvalue weighted by atomic mass is 19.1. The van der Waals surface area contributed by atoms with Crippen LogP contribution in [-0.2, 0) is 7.05 Å². The molecule has 0 unspecified atom stereocenters. The fourth-order valence-corrected chi connectivity index (χ4v) is 2.70. The maximum atomic E-state index is 14.0. The van der Waals surface area contributed by atoms with Crippen LogP contribution in [0, 0.1) is 11.6 Å². The number of amides is 1. The van der Waals surface area contributed by atoms with Gasteiger partial charge >= 0.3 is 0 Å². The number of nitrogens with one attached hydrogen (secondary N) is 1. The molecule has 0 atom stereocenters. The number of aromatic nitrogens is 5. The first-order chi connectivity index (χ1) is 13.5. The highest BCUT2D eigenvalue weighted by Gasteiger charge is 2.15. The van der Waals surface area contributed by atoms with Crippen molar-refractivity contribution in [1.29, 1.82) is 0 Å². The third kappa shape index (κ3) is 3.37. The van der Waals surface area contributed by atoms with Crippen LogP contribution in [0.25, 0.3) is 17.1 Å². The van der Waals surface area contributed by atoms with E-state index in [1.165, 1.54) is 23.0 Å². The predicted molar refractivity (Wildman–Crippen MR) is 97.9 cm³/mol. The summed E-state index contributed by atoms with van der Waals surface area (Å²) in [5.41, 5.74) is 0.808. The molecular weight excluding hydrogens is 366 g/mol. The Morgan fingerprint density at radius 2 is 1.96 bits per heavy atom. The Hall–Kier alpha value is -3.88. The van der Waals surface area contributed by atoms with Crippen LogP contribution in [0.5, 0.6) is 0 Å². The summed E-state index contributed by atoms with van der Waals surface area (Å²) >= 11 is 0. The molecule has 0 bridgehead atoms. The Labute approximate surface area is 158 Å².